The van der Waals surface area contributed by atoms with Crippen molar-refractivity contribution in [3.8, 4) is 11.5 Å². The van der Waals surface area contributed by atoms with Crippen molar-refractivity contribution in [2.45, 2.75) is 44.3 Å². The monoisotopic (exact) mass is 274 g/mol. The molecule has 4 heteroatoms. The third-order valence-electron chi connectivity index (χ3n) is 4.40. The van der Waals surface area contributed by atoms with Crippen LogP contribution in [0.5, 0.6) is 11.5 Å². The lowest BCUT2D eigenvalue weighted by Crippen LogP contribution is -2.46. The van der Waals surface area contributed by atoms with Gasteiger partial charge in [-0.15, -0.1) is 0 Å². The molecule has 2 fully saturated rings. The quantitative estimate of drug-likeness (QED) is 0.912. The Morgan fingerprint density at radius 2 is 2.00 bits per heavy atom. The summed E-state index contributed by atoms with van der Waals surface area (Å²) in [5.41, 5.74) is 1.32. The van der Waals surface area contributed by atoms with Gasteiger partial charge < -0.3 is 14.8 Å². The van der Waals surface area contributed by atoms with Gasteiger partial charge in [-0.3, -0.25) is 4.90 Å². The number of ether oxygens (including phenoxy) is 2. The predicted molar refractivity (Wildman–Crippen MR) is 77.0 cm³/mol. The summed E-state index contributed by atoms with van der Waals surface area (Å²) < 4.78 is 10.8. The number of piperidine rings is 1. The van der Waals surface area contributed by atoms with Crippen molar-refractivity contribution < 1.29 is 9.47 Å². The highest BCUT2D eigenvalue weighted by Crippen LogP contribution is 2.33. The predicted octanol–water partition coefficient (Wildman–Crippen LogP) is 2.13. The van der Waals surface area contributed by atoms with E-state index < -0.39 is 0 Å². The van der Waals surface area contributed by atoms with Gasteiger partial charge in [-0.25, -0.2) is 0 Å². The first-order valence-corrected chi connectivity index (χ1v) is 7.74. The van der Waals surface area contributed by atoms with E-state index in [1.54, 1.807) is 0 Å². The minimum absolute atomic E-state index is 0.357. The highest BCUT2D eigenvalue weighted by molar-refractivity contribution is 5.44. The second kappa shape index (κ2) is 5.26. The van der Waals surface area contributed by atoms with Crippen LogP contribution in [0.4, 0.5) is 0 Å². The van der Waals surface area contributed by atoms with Gasteiger partial charge in [0.25, 0.3) is 0 Å². The lowest BCUT2D eigenvalue weighted by Gasteiger charge is -2.33. The molecular formula is C16H22N2O2. The third-order valence-corrected chi connectivity index (χ3v) is 4.40. The average molecular weight is 274 g/mol. The maximum atomic E-state index is 5.46. The number of hydrogen-bond acceptors (Lipinski definition) is 4. The maximum Gasteiger partial charge on any atom is 0.231 e. The van der Waals surface area contributed by atoms with Gasteiger partial charge in [0.1, 0.15) is 0 Å². The number of rotatable bonds is 4. The summed E-state index contributed by atoms with van der Waals surface area (Å²) in [6.07, 6.45) is 5.38. The van der Waals surface area contributed by atoms with Crippen molar-refractivity contribution in [3.05, 3.63) is 23.8 Å². The van der Waals surface area contributed by atoms with E-state index in [0.717, 1.165) is 24.1 Å². The van der Waals surface area contributed by atoms with Crippen LogP contribution in [0, 0.1) is 0 Å². The Kier molecular flexibility index (Phi) is 3.28. The Labute approximate surface area is 120 Å². The molecule has 3 aliphatic rings. The topological polar surface area (TPSA) is 33.7 Å². The van der Waals surface area contributed by atoms with E-state index in [1.165, 1.54) is 44.3 Å². The fraction of sp³-hybridized carbons (Fsp3) is 0.625. The van der Waals surface area contributed by atoms with Crippen molar-refractivity contribution >= 4 is 0 Å². The molecule has 0 radical (unpaired) electrons. The van der Waals surface area contributed by atoms with Crippen LogP contribution in [0.3, 0.4) is 0 Å². The van der Waals surface area contributed by atoms with Crippen molar-refractivity contribution in [1.82, 2.24) is 10.2 Å². The summed E-state index contributed by atoms with van der Waals surface area (Å²) in [6, 6.07) is 7.81. The minimum Gasteiger partial charge on any atom is -0.454 e. The number of hydrogen-bond donors (Lipinski definition) is 1. The van der Waals surface area contributed by atoms with Gasteiger partial charge in [-0.1, -0.05) is 6.07 Å². The number of nitrogens with zero attached hydrogens (tertiary/aromatic N) is 1. The normalized spacial score (nSPS) is 25.9. The molecule has 1 aromatic carbocycles. The van der Waals surface area contributed by atoms with E-state index in [-0.39, 0.29) is 0 Å². The molecule has 1 aromatic rings. The first-order valence-electron chi connectivity index (χ1n) is 7.74. The van der Waals surface area contributed by atoms with Crippen LogP contribution in [0.25, 0.3) is 0 Å². The Morgan fingerprint density at radius 1 is 1.10 bits per heavy atom. The number of fused-ring (bicyclic) bond motifs is 1. The minimum atomic E-state index is 0.357. The summed E-state index contributed by atoms with van der Waals surface area (Å²) in [4.78, 5) is 2.56. The zero-order valence-electron chi connectivity index (χ0n) is 11.8. The number of benzene rings is 1. The molecule has 1 saturated carbocycles. The van der Waals surface area contributed by atoms with Gasteiger partial charge in [-0.05, 0) is 49.9 Å². The van der Waals surface area contributed by atoms with Crippen LogP contribution in [0.15, 0.2) is 18.2 Å². The molecule has 0 spiro atoms. The van der Waals surface area contributed by atoms with Crippen LogP contribution in [0.1, 0.15) is 31.2 Å². The Balaban J connectivity index is 1.37. The third kappa shape index (κ3) is 2.76. The van der Waals surface area contributed by atoms with Crippen LogP contribution < -0.4 is 14.8 Å². The molecule has 20 heavy (non-hydrogen) atoms. The first kappa shape index (κ1) is 12.5. The number of nitrogens with one attached hydrogen (secondary N) is 1. The fourth-order valence-corrected chi connectivity index (χ4v) is 3.22. The van der Waals surface area contributed by atoms with Crippen molar-refractivity contribution in [3.63, 3.8) is 0 Å². The van der Waals surface area contributed by atoms with Crippen LogP contribution in [-0.4, -0.2) is 36.9 Å². The van der Waals surface area contributed by atoms with Crippen molar-refractivity contribution in [2.24, 2.45) is 0 Å². The summed E-state index contributed by atoms with van der Waals surface area (Å²) in [5, 5.41) is 3.76. The summed E-state index contributed by atoms with van der Waals surface area (Å²) in [5.74, 6) is 1.77. The summed E-state index contributed by atoms with van der Waals surface area (Å²) >= 11 is 0. The molecular weight excluding hydrogens is 252 g/mol. The van der Waals surface area contributed by atoms with E-state index >= 15 is 0 Å². The standard InChI is InChI=1S/C16H22N2O2/c1-2-14(17-13-4-5-13)10-18(7-1)9-12-3-6-15-16(8-12)20-11-19-15/h3,6,8,13-14,17H,1-2,4-5,7,9-11H2. The maximum absolute atomic E-state index is 5.46. The smallest absolute Gasteiger partial charge is 0.231 e. The van der Waals surface area contributed by atoms with E-state index in [4.69, 9.17) is 9.47 Å². The van der Waals surface area contributed by atoms with E-state index in [2.05, 4.69) is 22.3 Å². The Hall–Kier alpha value is -1.26. The molecule has 4 rings (SSSR count). The lowest BCUT2D eigenvalue weighted by atomic mass is 10.0. The highest BCUT2D eigenvalue weighted by Gasteiger charge is 2.27. The lowest BCUT2D eigenvalue weighted by molar-refractivity contribution is 0.173. The molecule has 0 amide bonds. The van der Waals surface area contributed by atoms with Gasteiger partial charge in [0.05, 0.1) is 0 Å². The molecule has 1 aliphatic carbocycles. The first-order chi connectivity index (χ1) is 9.87. The zero-order valence-corrected chi connectivity index (χ0v) is 11.8. The van der Waals surface area contributed by atoms with Gasteiger partial charge in [0, 0.05) is 25.2 Å². The van der Waals surface area contributed by atoms with Gasteiger partial charge in [-0.2, -0.15) is 0 Å². The second-order valence-corrected chi connectivity index (χ2v) is 6.20. The van der Waals surface area contributed by atoms with Gasteiger partial charge in [0.15, 0.2) is 11.5 Å². The molecule has 2 aliphatic heterocycles. The molecule has 4 nitrogen and oxygen atoms in total. The summed E-state index contributed by atoms with van der Waals surface area (Å²) in [7, 11) is 0. The molecule has 2 heterocycles. The summed E-state index contributed by atoms with van der Waals surface area (Å²) in [6.45, 7) is 3.75. The zero-order chi connectivity index (χ0) is 13.4. The molecule has 1 N–H and O–H groups in total. The molecule has 1 atom stereocenters. The van der Waals surface area contributed by atoms with Crippen LogP contribution in [0.2, 0.25) is 0 Å². The molecule has 108 valence electrons. The molecule has 1 unspecified atom stereocenters. The Bertz CT molecular complexity index is 487. The van der Waals surface area contributed by atoms with Crippen LogP contribution in [-0.2, 0) is 6.54 Å². The van der Waals surface area contributed by atoms with E-state index in [9.17, 15) is 0 Å². The van der Waals surface area contributed by atoms with Crippen molar-refractivity contribution in [2.75, 3.05) is 19.9 Å². The van der Waals surface area contributed by atoms with E-state index in [0.29, 0.717) is 12.8 Å². The van der Waals surface area contributed by atoms with Gasteiger partial charge in [0.2, 0.25) is 6.79 Å². The average Bonchev–Trinajstić information content (AvgIpc) is 3.14. The fourth-order valence-electron chi connectivity index (χ4n) is 3.22. The second-order valence-electron chi connectivity index (χ2n) is 6.20. The molecule has 0 bridgehead atoms. The number of likely N-dealkylation sites (tertiary alicyclic amines) is 1. The largest absolute Gasteiger partial charge is 0.454 e. The van der Waals surface area contributed by atoms with E-state index in [1.807, 2.05) is 6.07 Å². The SMILES string of the molecule is c1cc2c(cc1CN1CCCC(NC3CC3)C1)OCO2. The highest BCUT2D eigenvalue weighted by atomic mass is 16.7. The van der Waals surface area contributed by atoms with Gasteiger partial charge >= 0.3 is 0 Å². The van der Waals surface area contributed by atoms with Crippen LogP contribution >= 0.6 is 0 Å². The molecule has 1 saturated heterocycles. The Morgan fingerprint density at radius 3 is 2.90 bits per heavy atom. The van der Waals surface area contributed by atoms with Crippen molar-refractivity contribution in [1.29, 1.82) is 0 Å². The molecule has 0 aromatic heterocycles.